The Kier molecular flexibility index (Phi) is 10.3. The van der Waals surface area contributed by atoms with Gasteiger partial charge >= 0.3 is 0 Å². The van der Waals surface area contributed by atoms with Gasteiger partial charge in [-0.25, -0.2) is 4.39 Å². The Morgan fingerprint density at radius 1 is 1.27 bits per heavy atom. The fourth-order valence-electron chi connectivity index (χ4n) is 3.24. The number of carbonyl (C=O) groups excluding carboxylic acids is 1. The third-order valence-electron chi connectivity index (χ3n) is 5.74. The van der Waals surface area contributed by atoms with Gasteiger partial charge in [0.2, 0.25) is 0 Å². The number of nitrogens with zero attached hydrogens (tertiary/aromatic N) is 3. The molecule has 0 spiro atoms. The summed E-state index contributed by atoms with van der Waals surface area (Å²) in [4.78, 5) is 20.8. The van der Waals surface area contributed by atoms with Crippen molar-refractivity contribution in [3.8, 4) is 12.3 Å². The number of pyridine rings is 1. The molecule has 2 atom stereocenters. The first-order valence-electron chi connectivity index (χ1n) is 11.4. The van der Waals surface area contributed by atoms with Gasteiger partial charge < -0.3 is 15.3 Å². The van der Waals surface area contributed by atoms with E-state index in [4.69, 9.17) is 11.5 Å². The van der Waals surface area contributed by atoms with Crippen molar-refractivity contribution in [3.05, 3.63) is 60.2 Å². The van der Waals surface area contributed by atoms with Gasteiger partial charge in [-0.15, -0.1) is 6.42 Å². The molecule has 1 aliphatic heterocycles. The highest BCUT2D eigenvalue weighted by molar-refractivity contribution is 5.93. The number of piperazine rings is 1. The molecule has 2 unspecified atom stereocenters. The van der Waals surface area contributed by atoms with Crippen LogP contribution in [0.25, 0.3) is 0 Å². The minimum atomic E-state index is -0.889. The Hall–Kier alpha value is -2.95. The third kappa shape index (κ3) is 9.21. The van der Waals surface area contributed by atoms with Crippen LogP contribution in [0.3, 0.4) is 0 Å². The summed E-state index contributed by atoms with van der Waals surface area (Å²) in [5.41, 5.74) is 0.774. The van der Waals surface area contributed by atoms with E-state index in [1.54, 1.807) is 31.5 Å². The van der Waals surface area contributed by atoms with Crippen LogP contribution >= 0.6 is 0 Å². The van der Waals surface area contributed by atoms with Gasteiger partial charge in [0, 0.05) is 56.8 Å². The summed E-state index contributed by atoms with van der Waals surface area (Å²) in [5, 5.41) is 11.9. The summed E-state index contributed by atoms with van der Waals surface area (Å²) < 4.78 is 13.0. The van der Waals surface area contributed by atoms with Crippen LogP contribution in [0.4, 0.5) is 10.1 Å². The largest absolute Gasteiger partial charge is 0.378 e. The molecule has 1 aromatic carbocycles. The number of aromatic nitrogens is 1. The lowest BCUT2D eigenvalue weighted by molar-refractivity contribution is 0.0934. The number of carbonyl (C=O) groups is 1. The van der Waals surface area contributed by atoms with Crippen LogP contribution in [-0.2, 0) is 0 Å². The Labute approximate surface area is 196 Å². The standard InChI is InChI=1S/C20H25FN4O.C6H10O/c1-16(23-20(26)17-3-2-9-22-15-17)8-10-24-11-13-25(14-12-24)19-6-4-18(21)5-7-19;1-4-6(3,7)5-2/h2-7,9,15-16H,8,10-14H2,1H3,(H,23,26);1,7H,5H2,2-3H3. The lowest BCUT2D eigenvalue weighted by Gasteiger charge is -2.36. The number of rotatable bonds is 7. The molecule has 1 saturated heterocycles. The second-order valence-corrected chi connectivity index (χ2v) is 8.48. The van der Waals surface area contributed by atoms with E-state index in [9.17, 15) is 9.18 Å². The second kappa shape index (κ2) is 12.9. The highest BCUT2D eigenvalue weighted by Gasteiger charge is 2.18. The van der Waals surface area contributed by atoms with Crippen molar-refractivity contribution in [3.63, 3.8) is 0 Å². The van der Waals surface area contributed by atoms with Gasteiger partial charge in [0.05, 0.1) is 5.56 Å². The monoisotopic (exact) mass is 454 g/mol. The van der Waals surface area contributed by atoms with Gasteiger partial charge in [-0.3, -0.25) is 14.7 Å². The maximum Gasteiger partial charge on any atom is 0.253 e. The van der Waals surface area contributed by atoms with Gasteiger partial charge in [-0.05, 0) is 63.1 Å². The molecule has 1 amide bonds. The maximum absolute atomic E-state index is 13.0. The second-order valence-electron chi connectivity index (χ2n) is 8.48. The van der Waals surface area contributed by atoms with Crippen LogP contribution < -0.4 is 10.2 Å². The number of aliphatic hydroxyl groups is 1. The predicted octanol–water partition coefficient (Wildman–Crippen LogP) is 3.33. The van der Waals surface area contributed by atoms with E-state index >= 15 is 0 Å². The molecule has 0 aliphatic carbocycles. The lowest BCUT2D eigenvalue weighted by atomic mass is 10.1. The number of halogens is 1. The van der Waals surface area contributed by atoms with Crippen molar-refractivity contribution >= 4 is 11.6 Å². The SMILES string of the molecule is C#CC(C)(O)CC.CC(CCN1CCN(c2ccc(F)cc2)CC1)NC(=O)c1cccnc1. The maximum atomic E-state index is 13.0. The fourth-order valence-corrected chi connectivity index (χ4v) is 3.24. The molecule has 33 heavy (non-hydrogen) atoms. The number of amides is 1. The first-order chi connectivity index (χ1) is 15.7. The minimum absolute atomic E-state index is 0.0771. The third-order valence-corrected chi connectivity index (χ3v) is 5.74. The number of hydrogen-bond donors (Lipinski definition) is 2. The Bertz CT molecular complexity index is 889. The lowest BCUT2D eigenvalue weighted by Crippen LogP contribution is -2.47. The quantitative estimate of drug-likeness (QED) is 0.628. The van der Waals surface area contributed by atoms with E-state index in [1.165, 1.54) is 12.1 Å². The van der Waals surface area contributed by atoms with Crippen molar-refractivity contribution in [2.24, 2.45) is 0 Å². The van der Waals surface area contributed by atoms with Crippen LogP contribution in [0, 0.1) is 18.2 Å². The van der Waals surface area contributed by atoms with E-state index in [-0.39, 0.29) is 17.8 Å². The van der Waals surface area contributed by atoms with E-state index in [2.05, 4.69) is 26.0 Å². The van der Waals surface area contributed by atoms with Crippen molar-refractivity contribution in [2.75, 3.05) is 37.6 Å². The molecule has 1 fully saturated rings. The molecule has 0 bridgehead atoms. The van der Waals surface area contributed by atoms with Gasteiger partial charge in [-0.1, -0.05) is 12.8 Å². The van der Waals surface area contributed by atoms with Gasteiger partial charge in [0.25, 0.3) is 5.91 Å². The number of terminal acetylenes is 1. The van der Waals surface area contributed by atoms with E-state index in [0.717, 1.165) is 44.8 Å². The summed E-state index contributed by atoms with van der Waals surface area (Å²) >= 11 is 0. The van der Waals surface area contributed by atoms with Crippen LogP contribution in [0.2, 0.25) is 0 Å². The molecule has 2 heterocycles. The molecular weight excluding hydrogens is 419 g/mol. The summed E-state index contributed by atoms with van der Waals surface area (Å²) in [6, 6.07) is 10.3. The topological polar surface area (TPSA) is 68.7 Å². The summed E-state index contributed by atoms with van der Waals surface area (Å²) in [6.45, 7) is 10.3. The average molecular weight is 455 g/mol. The van der Waals surface area contributed by atoms with E-state index in [1.807, 2.05) is 26.0 Å². The summed E-state index contributed by atoms with van der Waals surface area (Å²) in [7, 11) is 0. The minimum Gasteiger partial charge on any atom is -0.378 e. The molecule has 178 valence electrons. The molecule has 0 saturated carbocycles. The van der Waals surface area contributed by atoms with Crippen molar-refractivity contribution in [2.45, 2.75) is 45.3 Å². The number of nitrogens with one attached hydrogen (secondary N) is 1. The van der Waals surface area contributed by atoms with Gasteiger partial charge in [0.15, 0.2) is 0 Å². The summed E-state index contributed by atoms with van der Waals surface area (Å²) in [6.07, 6.45) is 9.68. The van der Waals surface area contributed by atoms with Crippen LogP contribution in [-0.4, -0.2) is 65.3 Å². The molecule has 1 aromatic heterocycles. The first kappa shape index (κ1) is 26.3. The van der Waals surface area contributed by atoms with Crippen molar-refractivity contribution in [1.29, 1.82) is 0 Å². The smallest absolute Gasteiger partial charge is 0.253 e. The summed E-state index contributed by atoms with van der Waals surface area (Å²) in [5.74, 6) is 1.97. The molecule has 2 aromatic rings. The predicted molar refractivity (Wildman–Crippen MR) is 131 cm³/mol. The van der Waals surface area contributed by atoms with Crippen molar-refractivity contribution in [1.82, 2.24) is 15.2 Å². The van der Waals surface area contributed by atoms with E-state index in [0.29, 0.717) is 12.0 Å². The fraction of sp³-hybridized carbons (Fsp3) is 0.462. The van der Waals surface area contributed by atoms with Gasteiger partial charge in [0.1, 0.15) is 11.4 Å². The van der Waals surface area contributed by atoms with Crippen LogP contribution in [0.5, 0.6) is 0 Å². The van der Waals surface area contributed by atoms with Crippen LogP contribution in [0.1, 0.15) is 44.0 Å². The Morgan fingerprint density at radius 2 is 1.94 bits per heavy atom. The average Bonchev–Trinajstić information content (AvgIpc) is 2.84. The highest BCUT2D eigenvalue weighted by Crippen LogP contribution is 2.17. The zero-order chi connectivity index (χ0) is 24.3. The van der Waals surface area contributed by atoms with Crippen LogP contribution in [0.15, 0.2) is 48.8 Å². The number of hydrogen-bond acceptors (Lipinski definition) is 5. The van der Waals surface area contributed by atoms with Crippen molar-refractivity contribution < 1.29 is 14.3 Å². The Balaban J connectivity index is 0.000000479. The highest BCUT2D eigenvalue weighted by atomic mass is 19.1. The molecule has 1 aliphatic rings. The molecule has 7 heteroatoms. The zero-order valence-corrected chi connectivity index (χ0v) is 19.8. The Morgan fingerprint density at radius 3 is 2.45 bits per heavy atom. The molecule has 6 nitrogen and oxygen atoms in total. The normalized spacial score (nSPS) is 16.5. The molecule has 2 N–H and O–H groups in total. The molecule has 3 rings (SSSR count). The molecule has 0 radical (unpaired) electrons. The van der Waals surface area contributed by atoms with E-state index < -0.39 is 5.60 Å². The first-order valence-corrected chi connectivity index (χ1v) is 11.4. The van der Waals surface area contributed by atoms with Gasteiger partial charge in [-0.2, -0.15) is 0 Å². The number of benzene rings is 1. The zero-order valence-electron chi connectivity index (χ0n) is 19.8. The molecular formula is C26H35FN4O2. The number of anilines is 1.